The molecule has 0 bridgehead atoms. The fourth-order valence-electron chi connectivity index (χ4n) is 2.13. The van der Waals surface area contributed by atoms with Crippen molar-refractivity contribution in [1.29, 1.82) is 0 Å². The van der Waals surface area contributed by atoms with Gasteiger partial charge < -0.3 is 25.2 Å². The third kappa shape index (κ3) is 4.11. The summed E-state index contributed by atoms with van der Waals surface area (Å²) in [5.41, 5.74) is 1.97. The van der Waals surface area contributed by atoms with Gasteiger partial charge >= 0.3 is 6.03 Å². The van der Waals surface area contributed by atoms with Crippen LogP contribution in [0.4, 0.5) is 16.2 Å². The summed E-state index contributed by atoms with van der Waals surface area (Å²) in [6.07, 6.45) is 0. The van der Waals surface area contributed by atoms with E-state index in [2.05, 4.69) is 27.5 Å². The first kappa shape index (κ1) is 14.6. The fourth-order valence-corrected chi connectivity index (χ4v) is 2.13. The molecule has 1 saturated heterocycles. The lowest BCUT2D eigenvalue weighted by molar-refractivity contribution is 0.177. The second-order valence-electron chi connectivity index (χ2n) is 4.90. The minimum absolute atomic E-state index is 0.200. The number of nitrogens with zero attached hydrogens (tertiary/aromatic N) is 2. The van der Waals surface area contributed by atoms with Gasteiger partial charge in [-0.1, -0.05) is 0 Å². The smallest absolute Gasteiger partial charge is 0.321 e. The first-order chi connectivity index (χ1) is 9.69. The molecule has 2 rings (SSSR count). The lowest BCUT2D eigenvalue weighted by Crippen LogP contribution is -2.44. The number of hydrogen-bond donors (Lipinski definition) is 2. The summed E-state index contributed by atoms with van der Waals surface area (Å²) in [6.45, 7) is 4.44. The molecule has 0 atom stereocenters. The predicted molar refractivity (Wildman–Crippen MR) is 80.2 cm³/mol. The number of piperazine rings is 1. The van der Waals surface area contributed by atoms with Crippen LogP contribution < -0.4 is 15.5 Å². The highest BCUT2D eigenvalue weighted by molar-refractivity contribution is 5.89. The molecule has 1 aliphatic heterocycles. The number of likely N-dealkylation sites (N-methyl/N-ethyl adjacent to an activating group) is 1. The number of carbonyl (C=O) groups is 1. The Bertz CT molecular complexity index is 427. The lowest BCUT2D eigenvalue weighted by Gasteiger charge is -2.34. The molecule has 1 aliphatic rings. The lowest BCUT2D eigenvalue weighted by atomic mass is 10.2. The summed E-state index contributed by atoms with van der Waals surface area (Å²) in [7, 11) is 3.67. The minimum atomic E-state index is -0.265. The van der Waals surface area contributed by atoms with Crippen molar-refractivity contribution in [3.63, 3.8) is 0 Å². The first-order valence-corrected chi connectivity index (χ1v) is 6.76. The van der Waals surface area contributed by atoms with Crippen molar-refractivity contribution in [1.82, 2.24) is 10.2 Å². The number of hydrogen-bond acceptors (Lipinski definition) is 4. The van der Waals surface area contributed by atoms with E-state index in [9.17, 15) is 4.79 Å². The Morgan fingerprint density at radius 3 is 2.45 bits per heavy atom. The van der Waals surface area contributed by atoms with Crippen LogP contribution in [0.25, 0.3) is 0 Å². The average molecular weight is 278 g/mol. The molecule has 2 N–H and O–H groups in total. The molecule has 0 aliphatic carbocycles. The van der Waals surface area contributed by atoms with Gasteiger partial charge in [0.25, 0.3) is 0 Å². The van der Waals surface area contributed by atoms with Gasteiger partial charge in [-0.3, -0.25) is 0 Å². The van der Waals surface area contributed by atoms with E-state index in [1.54, 1.807) is 0 Å². The van der Waals surface area contributed by atoms with Crippen LogP contribution in [0.2, 0.25) is 0 Å². The molecule has 1 aromatic rings. The summed E-state index contributed by atoms with van der Waals surface area (Å²) in [5.74, 6) is 0. The predicted octanol–water partition coefficient (Wildman–Crippen LogP) is 1.16. The number of urea groups is 1. The number of rotatable bonds is 4. The number of nitrogens with one attached hydrogen (secondary N) is 2. The molecule has 2 amide bonds. The maximum absolute atomic E-state index is 11.5. The fraction of sp³-hybridized carbons (Fsp3) is 0.500. The summed E-state index contributed by atoms with van der Waals surface area (Å²) >= 11 is 0. The quantitative estimate of drug-likeness (QED) is 0.812. The normalized spacial score (nSPS) is 16.0. The molecule has 0 spiro atoms. The molecule has 0 radical (unpaired) electrons. The number of amides is 2. The topological polar surface area (TPSA) is 56.8 Å². The van der Waals surface area contributed by atoms with Crippen molar-refractivity contribution in [3.05, 3.63) is 24.3 Å². The number of anilines is 2. The molecule has 0 aromatic heterocycles. The van der Waals surface area contributed by atoms with Gasteiger partial charge in [-0.15, -0.1) is 0 Å². The van der Waals surface area contributed by atoms with Gasteiger partial charge in [-0.25, -0.2) is 4.79 Å². The molecular weight excluding hydrogens is 256 g/mol. The van der Waals surface area contributed by atoms with Gasteiger partial charge in [-0.2, -0.15) is 0 Å². The van der Waals surface area contributed by atoms with E-state index in [1.807, 2.05) is 24.3 Å². The average Bonchev–Trinajstić information content (AvgIpc) is 2.47. The van der Waals surface area contributed by atoms with Crippen molar-refractivity contribution in [3.8, 4) is 0 Å². The van der Waals surface area contributed by atoms with Crippen molar-refractivity contribution < 1.29 is 9.53 Å². The Morgan fingerprint density at radius 2 is 1.85 bits per heavy atom. The van der Waals surface area contributed by atoms with Crippen molar-refractivity contribution >= 4 is 17.4 Å². The summed E-state index contributed by atoms with van der Waals surface area (Å²) in [6, 6.07) is 7.65. The Morgan fingerprint density at radius 1 is 1.20 bits per heavy atom. The summed E-state index contributed by atoms with van der Waals surface area (Å²) in [5, 5.41) is 5.33. The highest BCUT2D eigenvalue weighted by Crippen LogP contribution is 2.19. The molecule has 1 heterocycles. The van der Waals surface area contributed by atoms with Crippen LogP contribution in [0.1, 0.15) is 0 Å². The third-order valence-corrected chi connectivity index (χ3v) is 3.37. The largest absolute Gasteiger partial charge is 0.369 e. The summed E-state index contributed by atoms with van der Waals surface area (Å²) < 4.78 is 4.77. The molecule has 20 heavy (non-hydrogen) atoms. The molecule has 0 unspecified atom stereocenters. The van der Waals surface area contributed by atoms with E-state index in [0.717, 1.165) is 31.9 Å². The third-order valence-electron chi connectivity index (χ3n) is 3.37. The van der Waals surface area contributed by atoms with E-state index in [-0.39, 0.29) is 12.8 Å². The maximum atomic E-state index is 11.5. The number of carbonyl (C=O) groups excluding carboxylic acids is 1. The molecular formula is C14H22N4O2. The van der Waals surface area contributed by atoms with Gasteiger partial charge in [0, 0.05) is 44.7 Å². The minimum Gasteiger partial charge on any atom is -0.369 e. The Labute approximate surface area is 119 Å². The molecule has 0 saturated carbocycles. The van der Waals surface area contributed by atoms with Crippen LogP contribution in [-0.2, 0) is 4.74 Å². The van der Waals surface area contributed by atoms with Gasteiger partial charge in [0.2, 0.25) is 0 Å². The Kier molecular flexibility index (Phi) is 5.20. The molecule has 6 heteroatoms. The van der Waals surface area contributed by atoms with Crippen molar-refractivity contribution in [2.45, 2.75) is 0 Å². The van der Waals surface area contributed by atoms with Gasteiger partial charge in [-0.05, 0) is 31.3 Å². The van der Waals surface area contributed by atoms with E-state index in [0.29, 0.717) is 0 Å². The van der Waals surface area contributed by atoms with Crippen LogP contribution in [0, 0.1) is 0 Å². The number of benzene rings is 1. The Hall–Kier alpha value is -1.79. The van der Waals surface area contributed by atoms with Gasteiger partial charge in [0.05, 0.1) is 0 Å². The van der Waals surface area contributed by atoms with E-state index >= 15 is 0 Å². The van der Waals surface area contributed by atoms with Crippen LogP contribution >= 0.6 is 0 Å². The monoisotopic (exact) mass is 278 g/mol. The zero-order valence-electron chi connectivity index (χ0n) is 12.1. The zero-order chi connectivity index (χ0) is 14.4. The molecule has 110 valence electrons. The van der Waals surface area contributed by atoms with Crippen molar-refractivity contribution in [2.75, 3.05) is 57.3 Å². The molecule has 1 aromatic carbocycles. The first-order valence-electron chi connectivity index (χ1n) is 6.76. The number of ether oxygens (including phenoxy) is 1. The van der Waals surface area contributed by atoms with Crippen LogP contribution in [0.15, 0.2) is 24.3 Å². The van der Waals surface area contributed by atoms with Gasteiger partial charge in [0.15, 0.2) is 0 Å². The standard InChI is InChI=1S/C14H22N4O2/c1-17-7-9-18(10-8-17)13-5-3-12(4-6-13)16-14(19)15-11-20-2/h3-6H,7-11H2,1-2H3,(H2,15,16,19). The van der Waals surface area contributed by atoms with Gasteiger partial charge in [0.1, 0.15) is 6.73 Å². The highest BCUT2D eigenvalue weighted by atomic mass is 16.5. The van der Waals surface area contributed by atoms with E-state index in [1.165, 1.54) is 12.8 Å². The SMILES string of the molecule is COCNC(=O)Nc1ccc(N2CCN(C)CC2)cc1. The number of methoxy groups -OCH3 is 1. The maximum Gasteiger partial charge on any atom is 0.321 e. The second-order valence-corrected chi connectivity index (χ2v) is 4.90. The van der Waals surface area contributed by atoms with Crippen molar-refractivity contribution in [2.24, 2.45) is 0 Å². The van der Waals surface area contributed by atoms with Crippen LogP contribution in [0.3, 0.4) is 0 Å². The Balaban J connectivity index is 1.88. The second kappa shape index (κ2) is 7.12. The molecule has 1 fully saturated rings. The van der Waals surface area contributed by atoms with E-state index in [4.69, 9.17) is 4.74 Å². The van der Waals surface area contributed by atoms with Crippen LogP contribution in [0.5, 0.6) is 0 Å². The summed E-state index contributed by atoms with van der Waals surface area (Å²) in [4.78, 5) is 16.2. The highest BCUT2D eigenvalue weighted by Gasteiger charge is 2.14. The zero-order valence-corrected chi connectivity index (χ0v) is 12.1. The molecule has 6 nitrogen and oxygen atoms in total. The van der Waals surface area contributed by atoms with E-state index < -0.39 is 0 Å². The van der Waals surface area contributed by atoms with Crippen LogP contribution in [-0.4, -0.2) is 58.0 Å².